The Morgan fingerprint density at radius 3 is 1.91 bits per heavy atom. The molecule has 5 heteroatoms. The maximum absolute atomic E-state index is 12.2. The van der Waals surface area contributed by atoms with Crippen LogP contribution in [0, 0.1) is 0 Å². The standard InChI is InChI=1S/C17H30N2OSi2/c1-15(18-19(21(2,3)4)22(5,6)7)13-14-17(20)16-11-9-8-10-12-16/h8-12H,13-14H2,1-7H3. The van der Waals surface area contributed by atoms with Gasteiger partial charge in [-0.15, -0.1) is 0 Å². The molecule has 0 aliphatic rings. The molecule has 0 aliphatic heterocycles. The third-order valence-electron chi connectivity index (χ3n) is 3.35. The fraction of sp³-hybridized carbons (Fsp3) is 0.529. The van der Waals surface area contributed by atoms with Gasteiger partial charge in [0.2, 0.25) is 0 Å². The van der Waals surface area contributed by atoms with Crippen LogP contribution < -0.4 is 0 Å². The molecule has 0 amide bonds. The van der Waals surface area contributed by atoms with Crippen molar-refractivity contribution in [1.82, 2.24) is 4.34 Å². The third-order valence-corrected chi connectivity index (χ3v) is 10.1. The lowest BCUT2D eigenvalue weighted by molar-refractivity contribution is 0.0985. The molecule has 1 rings (SSSR count). The minimum atomic E-state index is -1.48. The van der Waals surface area contributed by atoms with Gasteiger partial charge in [0.05, 0.1) is 0 Å². The minimum absolute atomic E-state index is 0.197. The quantitative estimate of drug-likeness (QED) is 0.304. The Morgan fingerprint density at radius 1 is 0.955 bits per heavy atom. The van der Waals surface area contributed by atoms with Crippen molar-refractivity contribution in [3.8, 4) is 0 Å². The highest BCUT2D eigenvalue weighted by molar-refractivity contribution is 6.89. The maximum atomic E-state index is 12.2. The lowest BCUT2D eigenvalue weighted by Gasteiger charge is -2.41. The number of carbonyl (C=O) groups is 1. The molecular formula is C17H30N2OSi2. The zero-order valence-electron chi connectivity index (χ0n) is 15.1. The van der Waals surface area contributed by atoms with E-state index in [1.165, 1.54) is 0 Å². The smallest absolute Gasteiger partial charge is 0.163 e. The molecule has 0 radical (unpaired) electrons. The van der Waals surface area contributed by atoms with Gasteiger partial charge in [-0.25, -0.2) is 5.10 Å². The van der Waals surface area contributed by atoms with Crippen molar-refractivity contribution in [2.45, 2.75) is 59.0 Å². The second-order valence-electron chi connectivity index (χ2n) is 7.78. The number of hydrogen-bond acceptors (Lipinski definition) is 3. The third kappa shape index (κ3) is 5.89. The summed E-state index contributed by atoms with van der Waals surface area (Å²) in [6.07, 6.45) is 1.27. The van der Waals surface area contributed by atoms with Crippen LogP contribution in [0.4, 0.5) is 0 Å². The molecule has 3 nitrogen and oxygen atoms in total. The van der Waals surface area contributed by atoms with Gasteiger partial charge in [-0.1, -0.05) is 69.6 Å². The van der Waals surface area contributed by atoms with E-state index in [1.54, 1.807) is 0 Å². The molecule has 22 heavy (non-hydrogen) atoms. The molecule has 0 fully saturated rings. The number of carbonyl (C=O) groups excluding carboxylic acids is 1. The summed E-state index contributed by atoms with van der Waals surface area (Å²) in [5.74, 6) is 0.197. The SMILES string of the molecule is CC(CCC(=O)c1ccccc1)=NN([Si](C)(C)C)[Si](C)(C)C. The van der Waals surface area contributed by atoms with Crippen LogP contribution in [-0.2, 0) is 0 Å². The van der Waals surface area contributed by atoms with Crippen molar-refractivity contribution in [1.29, 1.82) is 0 Å². The number of ketones is 1. The van der Waals surface area contributed by atoms with Crippen LogP contribution in [0.5, 0.6) is 0 Å². The van der Waals surface area contributed by atoms with Gasteiger partial charge in [-0.2, -0.15) is 0 Å². The Morgan fingerprint density at radius 2 is 1.45 bits per heavy atom. The summed E-state index contributed by atoms with van der Waals surface area (Å²) in [7, 11) is -2.96. The van der Waals surface area contributed by atoms with E-state index in [9.17, 15) is 4.79 Å². The predicted octanol–water partition coefficient (Wildman–Crippen LogP) is 5.00. The number of benzene rings is 1. The Hall–Kier alpha value is -1.21. The van der Waals surface area contributed by atoms with Crippen molar-refractivity contribution < 1.29 is 4.79 Å². The second kappa shape index (κ2) is 7.37. The number of rotatable bonds is 7. The van der Waals surface area contributed by atoms with Crippen molar-refractivity contribution in [3.63, 3.8) is 0 Å². The summed E-state index contributed by atoms with van der Waals surface area (Å²) in [5, 5.41) is 4.91. The lowest BCUT2D eigenvalue weighted by Crippen LogP contribution is -2.56. The Kier molecular flexibility index (Phi) is 6.31. The number of hydrazone groups is 1. The van der Waals surface area contributed by atoms with Crippen LogP contribution in [0.3, 0.4) is 0 Å². The van der Waals surface area contributed by atoms with E-state index >= 15 is 0 Å². The minimum Gasteiger partial charge on any atom is -0.350 e. The molecule has 0 saturated carbocycles. The second-order valence-corrected chi connectivity index (χ2v) is 17.8. The van der Waals surface area contributed by atoms with Crippen LogP contribution in [-0.4, -0.2) is 32.3 Å². The molecule has 0 N–H and O–H groups in total. The maximum Gasteiger partial charge on any atom is 0.163 e. The molecule has 0 heterocycles. The molecule has 0 aliphatic carbocycles. The highest BCUT2D eigenvalue weighted by Crippen LogP contribution is 2.20. The number of hydrogen-bond donors (Lipinski definition) is 0. The molecule has 1 aromatic carbocycles. The fourth-order valence-corrected chi connectivity index (χ4v) is 11.6. The summed E-state index contributed by atoms with van der Waals surface area (Å²) in [6.45, 7) is 16.0. The first-order chi connectivity index (χ1) is 10.0. The zero-order valence-corrected chi connectivity index (χ0v) is 17.1. The molecule has 0 saturated heterocycles. The van der Waals surface area contributed by atoms with E-state index in [1.807, 2.05) is 37.3 Å². The predicted molar refractivity (Wildman–Crippen MR) is 102 cm³/mol. The molecule has 0 unspecified atom stereocenters. The molecule has 1 aromatic rings. The monoisotopic (exact) mass is 334 g/mol. The van der Waals surface area contributed by atoms with Crippen molar-refractivity contribution in [2.75, 3.05) is 0 Å². The van der Waals surface area contributed by atoms with Crippen LogP contribution in [0.15, 0.2) is 35.4 Å². The average molecular weight is 335 g/mol. The first kappa shape index (κ1) is 18.8. The molecule has 0 bridgehead atoms. The molecule has 0 aromatic heterocycles. The van der Waals surface area contributed by atoms with Crippen molar-refractivity contribution in [3.05, 3.63) is 35.9 Å². The van der Waals surface area contributed by atoms with Crippen molar-refractivity contribution in [2.24, 2.45) is 5.10 Å². The Balaban J connectivity index is 2.74. The molecular weight excluding hydrogens is 304 g/mol. The highest BCUT2D eigenvalue weighted by atomic mass is 28.4. The molecule has 0 atom stereocenters. The van der Waals surface area contributed by atoms with Gasteiger partial charge >= 0.3 is 0 Å². The molecule has 0 spiro atoms. The summed E-state index contributed by atoms with van der Waals surface area (Å²) < 4.78 is 2.41. The van der Waals surface area contributed by atoms with Gasteiger partial charge in [-0.3, -0.25) is 4.79 Å². The summed E-state index contributed by atoms with van der Waals surface area (Å²) in [5.41, 5.74) is 1.86. The average Bonchev–Trinajstić information content (AvgIpc) is 2.40. The summed E-state index contributed by atoms with van der Waals surface area (Å²) >= 11 is 0. The van der Waals surface area contributed by atoms with E-state index in [4.69, 9.17) is 5.10 Å². The van der Waals surface area contributed by atoms with Gasteiger partial charge in [0.15, 0.2) is 22.3 Å². The normalized spacial score (nSPS) is 13.1. The van der Waals surface area contributed by atoms with Crippen LogP contribution in [0.25, 0.3) is 0 Å². The van der Waals surface area contributed by atoms with Crippen LogP contribution in [0.1, 0.15) is 30.1 Å². The van der Waals surface area contributed by atoms with Crippen molar-refractivity contribution >= 4 is 28.0 Å². The van der Waals surface area contributed by atoms with Crippen LogP contribution in [0.2, 0.25) is 39.3 Å². The van der Waals surface area contributed by atoms with E-state index in [2.05, 4.69) is 43.6 Å². The zero-order chi connectivity index (χ0) is 17.0. The molecule has 122 valence electrons. The van der Waals surface area contributed by atoms with Gasteiger partial charge in [0, 0.05) is 17.7 Å². The lowest BCUT2D eigenvalue weighted by atomic mass is 10.1. The topological polar surface area (TPSA) is 32.7 Å². The van der Waals surface area contributed by atoms with E-state index < -0.39 is 16.5 Å². The number of nitrogens with zero attached hydrogens (tertiary/aromatic N) is 2. The first-order valence-electron chi connectivity index (χ1n) is 7.94. The highest BCUT2D eigenvalue weighted by Gasteiger charge is 2.33. The van der Waals surface area contributed by atoms with Gasteiger partial charge in [0.25, 0.3) is 0 Å². The van der Waals surface area contributed by atoms with E-state index in [0.717, 1.165) is 17.7 Å². The fourth-order valence-electron chi connectivity index (χ4n) is 2.59. The van der Waals surface area contributed by atoms with Gasteiger partial charge < -0.3 is 4.34 Å². The van der Waals surface area contributed by atoms with Crippen LogP contribution >= 0.6 is 0 Å². The van der Waals surface area contributed by atoms with E-state index in [0.29, 0.717) is 6.42 Å². The summed E-state index contributed by atoms with van der Waals surface area (Å²) in [6, 6.07) is 9.51. The number of Topliss-reactive ketones (excluding diaryl/α,β-unsaturated/α-hetero) is 1. The Bertz CT molecular complexity index is 514. The first-order valence-corrected chi connectivity index (χ1v) is 14.8. The largest absolute Gasteiger partial charge is 0.350 e. The van der Waals surface area contributed by atoms with E-state index in [-0.39, 0.29) is 5.78 Å². The Labute approximate surface area is 137 Å². The summed E-state index contributed by atoms with van der Waals surface area (Å²) in [4.78, 5) is 12.2. The van der Waals surface area contributed by atoms with Gasteiger partial charge in [0.1, 0.15) is 0 Å². The van der Waals surface area contributed by atoms with Gasteiger partial charge in [-0.05, 0) is 13.3 Å².